The van der Waals surface area contributed by atoms with Crippen molar-refractivity contribution >= 4 is 10.9 Å². The molecule has 1 atom stereocenters. The molecule has 1 aromatic carbocycles. The Morgan fingerprint density at radius 1 is 1.00 bits per heavy atom. The van der Waals surface area contributed by atoms with Gasteiger partial charge in [-0.1, -0.05) is 24.3 Å². The average Bonchev–Trinajstić information content (AvgIpc) is 2.48. The number of para-hydroxylation sites is 1. The van der Waals surface area contributed by atoms with Crippen LogP contribution in [0.3, 0.4) is 0 Å². The van der Waals surface area contributed by atoms with Gasteiger partial charge < -0.3 is 5.11 Å². The van der Waals surface area contributed by atoms with Gasteiger partial charge >= 0.3 is 0 Å². The molecule has 0 spiro atoms. The first-order valence-corrected chi connectivity index (χ1v) is 6.25. The van der Waals surface area contributed by atoms with Gasteiger partial charge in [-0.05, 0) is 29.3 Å². The second kappa shape index (κ2) is 5.16. The Balaban J connectivity index is 1.94. The van der Waals surface area contributed by atoms with E-state index in [1.807, 2.05) is 42.5 Å². The molecule has 0 saturated carbocycles. The zero-order valence-corrected chi connectivity index (χ0v) is 10.4. The van der Waals surface area contributed by atoms with Crippen molar-refractivity contribution in [2.45, 2.75) is 12.5 Å². The van der Waals surface area contributed by atoms with Gasteiger partial charge in [-0.15, -0.1) is 0 Å². The minimum atomic E-state index is -0.542. The van der Waals surface area contributed by atoms with E-state index in [0.29, 0.717) is 6.42 Å². The van der Waals surface area contributed by atoms with E-state index in [4.69, 9.17) is 0 Å². The van der Waals surface area contributed by atoms with Crippen LogP contribution in [0.15, 0.2) is 61.1 Å². The summed E-state index contributed by atoms with van der Waals surface area (Å²) in [5.74, 6) is 0. The van der Waals surface area contributed by atoms with E-state index in [1.165, 1.54) is 0 Å². The number of hydrogen-bond donors (Lipinski definition) is 1. The minimum Gasteiger partial charge on any atom is -0.388 e. The highest BCUT2D eigenvalue weighted by Gasteiger charge is 2.10. The molecule has 0 saturated heterocycles. The fourth-order valence-corrected chi connectivity index (χ4v) is 2.23. The number of rotatable bonds is 3. The van der Waals surface area contributed by atoms with Crippen molar-refractivity contribution in [2.75, 3.05) is 0 Å². The standard InChI is InChI=1S/C16H14N2O/c19-16(13-4-3-8-17-11-13)10-12-7-9-18-15-6-2-1-5-14(12)15/h1-9,11,16,19H,10H2. The summed E-state index contributed by atoms with van der Waals surface area (Å²) in [5.41, 5.74) is 2.89. The molecule has 0 aliphatic carbocycles. The lowest BCUT2D eigenvalue weighted by Crippen LogP contribution is -2.02. The molecule has 2 aromatic heterocycles. The molecule has 3 aromatic rings. The third kappa shape index (κ3) is 2.46. The third-order valence-electron chi connectivity index (χ3n) is 3.22. The minimum absolute atomic E-state index is 0.542. The van der Waals surface area contributed by atoms with Crippen LogP contribution in [0.4, 0.5) is 0 Å². The summed E-state index contributed by atoms with van der Waals surface area (Å²) in [6.07, 6.45) is 5.22. The van der Waals surface area contributed by atoms with Gasteiger partial charge in [-0.3, -0.25) is 9.97 Å². The molecule has 0 amide bonds. The van der Waals surface area contributed by atoms with Gasteiger partial charge in [0.15, 0.2) is 0 Å². The molecular weight excluding hydrogens is 236 g/mol. The van der Waals surface area contributed by atoms with E-state index in [2.05, 4.69) is 9.97 Å². The molecule has 1 unspecified atom stereocenters. The van der Waals surface area contributed by atoms with E-state index in [1.54, 1.807) is 18.6 Å². The molecule has 2 heterocycles. The topological polar surface area (TPSA) is 46.0 Å². The van der Waals surface area contributed by atoms with Crippen LogP contribution in [-0.4, -0.2) is 15.1 Å². The number of aliphatic hydroxyl groups excluding tert-OH is 1. The van der Waals surface area contributed by atoms with Crippen LogP contribution in [0.25, 0.3) is 10.9 Å². The Hall–Kier alpha value is -2.26. The Kier molecular flexibility index (Phi) is 3.21. The van der Waals surface area contributed by atoms with Crippen LogP contribution in [-0.2, 0) is 6.42 Å². The van der Waals surface area contributed by atoms with Gasteiger partial charge in [0.2, 0.25) is 0 Å². The first-order chi connectivity index (χ1) is 9.34. The van der Waals surface area contributed by atoms with Crippen LogP contribution in [0, 0.1) is 0 Å². The smallest absolute Gasteiger partial charge is 0.0845 e. The van der Waals surface area contributed by atoms with Crippen molar-refractivity contribution in [1.82, 2.24) is 9.97 Å². The Morgan fingerprint density at radius 2 is 1.89 bits per heavy atom. The third-order valence-corrected chi connectivity index (χ3v) is 3.22. The van der Waals surface area contributed by atoms with Crippen LogP contribution < -0.4 is 0 Å². The highest BCUT2D eigenvalue weighted by molar-refractivity contribution is 5.81. The lowest BCUT2D eigenvalue weighted by molar-refractivity contribution is 0.178. The predicted octanol–water partition coefficient (Wildman–Crippen LogP) is 2.91. The summed E-state index contributed by atoms with van der Waals surface area (Å²) in [5, 5.41) is 11.4. The monoisotopic (exact) mass is 250 g/mol. The summed E-state index contributed by atoms with van der Waals surface area (Å²) >= 11 is 0. The predicted molar refractivity (Wildman–Crippen MR) is 74.6 cm³/mol. The molecule has 1 N–H and O–H groups in total. The van der Waals surface area contributed by atoms with Gasteiger partial charge in [0.1, 0.15) is 0 Å². The second-order valence-electron chi connectivity index (χ2n) is 4.49. The maximum atomic E-state index is 10.3. The van der Waals surface area contributed by atoms with E-state index >= 15 is 0 Å². The first-order valence-electron chi connectivity index (χ1n) is 6.25. The Bertz CT molecular complexity index is 677. The Morgan fingerprint density at radius 3 is 2.74 bits per heavy atom. The van der Waals surface area contributed by atoms with Crippen LogP contribution in [0.2, 0.25) is 0 Å². The lowest BCUT2D eigenvalue weighted by atomic mass is 10.00. The molecule has 3 heteroatoms. The molecule has 3 rings (SSSR count). The largest absolute Gasteiger partial charge is 0.388 e. The maximum absolute atomic E-state index is 10.3. The van der Waals surface area contributed by atoms with E-state index in [0.717, 1.165) is 22.0 Å². The summed E-state index contributed by atoms with van der Waals surface area (Å²) in [4.78, 5) is 8.37. The molecule has 0 radical (unpaired) electrons. The van der Waals surface area contributed by atoms with Gasteiger partial charge in [-0.2, -0.15) is 0 Å². The van der Waals surface area contributed by atoms with Crippen LogP contribution >= 0.6 is 0 Å². The zero-order valence-electron chi connectivity index (χ0n) is 10.4. The SMILES string of the molecule is OC(Cc1ccnc2ccccc12)c1cccnc1. The molecular formula is C16H14N2O. The van der Waals surface area contributed by atoms with E-state index < -0.39 is 6.10 Å². The molecule has 0 fully saturated rings. The van der Waals surface area contributed by atoms with Crippen molar-refractivity contribution in [3.63, 3.8) is 0 Å². The van der Waals surface area contributed by atoms with Crippen molar-refractivity contribution in [1.29, 1.82) is 0 Å². The summed E-state index contributed by atoms with van der Waals surface area (Å²) in [7, 11) is 0. The number of fused-ring (bicyclic) bond motifs is 1. The van der Waals surface area contributed by atoms with Crippen molar-refractivity contribution in [3.05, 3.63) is 72.2 Å². The molecule has 0 aliphatic rings. The molecule has 3 nitrogen and oxygen atoms in total. The molecule has 94 valence electrons. The fourth-order valence-electron chi connectivity index (χ4n) is 2.23. The second-order valence-corrected chi connectivity index (χ2v) is 4.49. The number of benzene rings is 1. The average molecular weight is 250 g/mol. The highest BCUT2D eigenvalue weighted by Crippen LogP contribution is 2.22. The first kappa shape index (κ1) is 11.8. The van der Waals surface area contributed by atoms with Crippen molar-refractivity contribution in [2.24, 2.45) is 0 Å². The fraction of sp³-hybridized carbons (Fsp3) is 0.125. The number of nitrogens with zero attached hydrogens (tertiary/aromatic N) is 2. The normalized spacial score (nSPS) is 12.5. The number of aromatic nitrogens is 2. The molecule has 0 aliphatic heterocycles. The number of hydrogen-bond acceptors (Lipinski definition) is 3. The molecule has 19 heavy (non-hydrogen) atoms. The van der Waals surface area contributed by atoms with Gasteiger partial charge in [0.25, 0.3) is 0 Å². The summed E-state index contributed by atoms with van der Waals surface area (Å²) < 4.78 is 0. The van der Waals surface area contributed by atoms with Crippen molar-refractivity contribution < 1.29 is 5.11 Å². The van der Waals surface area contributed by atoms with Crippen LogP contribution in [0.5, 0.6) is 0 Å². The molecule has 0 bridgehead atoms. The Labute approximate surface area is 111 Å². The van der Waals surface area contributed by atoms with Gasteiger partial charge in [-0.25, -0.2) is 0 Å². The quantitative estimate of drug-likeness (QED) is 0.777. The maximum Gasteiger partial charge on any atom is 0.0845 e. The van der Waals surface area contributed by atoms with Crippen molar-refractivity contribution in [3.8, 4) is 0 Å². The van der Waals surface area contributed by atoms with Crippen LogP contribution in [0.1, 0.15) is 17.2 Å². The zero-order chi connectivity index (χ0) is 13.1. The van der Waals surface area contributed by atoms with Gasteiger partial charge in [0.05, 0.1) is 11.6 Å². The van der Waals surface area contributed by atoms with E-state index in [-0.39, 0.29) is 0 Å². The number of pyridine rings is 2. The number of aliphatic hydroxyl groups is 1. The van der Waals surface area contributed by atoms with Gasteiger partial charge in [0, 0.05) is 30.4 Å². The summed E-state index contributed by atoms with van der Waals surface area (Å²) in [6, 6.07) is 13.7. The highest BCUT2D eigenvalue weighted by atomic mass is 16.3. The van der Waals surface area contributed by atoms with E-state index in [9.17, 15) is 5.11 Å². The lowest BCUT2D eigenvalue weighted by Gasteiger charge is -2.12. The summed E-state index contributed by atoms with van der Waals surface area (Å²) in [6.45, 7) is 0.